The summed E-state index contributed by atoms with van der Waals surface area (Å²) in [6, 6.07) is 11.9. The molecule has 5 nitrogen and oxygen atoms in total. The summed E-state index contributed by atoms with van der Waals surface area (Å²) in [7, 11) is 1.56. The van der Waals surface area contributed by atoms with E-state index < -0.39 is 5.97 Å². The van der Waals surface area contributed by atoms with E-state index in [1.807, 2.05) is 0 Å². The molecule has 112 valence electrons. The number of amides is 1. The van der Waals surface area contributed by atoms with Crippen LogP contribution in [0.25, 0.3) is 0 Å². The van der Waals surface area contributed by atoms with Gasteiger partial charge in [0.25, 0.3) is 5.91 Å². The lowest BCUT2D eigenvalue weighted by Crippen LogP contribution is -2.28. The standard InChI is InChI=1S/C17H15NO4/c1-22-14-4-2-3-12(10-14)16(19)18-8-7-11-9-13(17(20)21)5-6-15(11)18/h2-6,9-10H,7-8H2,1H3,(H,20,21). The number of fused-ring (bicyclic) bond motifs is 1. The van der Waals surface area contributed by atoms with E-state index in [-0.39, 0.29) is 11.5 Å². The van der Waals surface area contributed by atoms with Crippen molar-refractivity contribution in [2.75, 3.05) is 18.6 Å². The van der Waals surface area contributed by atoms with Crippen molar-refractivity contribution in [1.29, 1.82) is 0 Å². The Labute approximate surface area is 127 Å². The molecule has 0 aliphatic carbocycles. The highest BCUT2D eigenvalue weighted by Crippen LogP contribution is 2.30. The van der Waals surface area contributed by atoms with Crippen LogP contribution in [0.3, 0.4) is 0 Å². The number of hydrogen-bond acceptors (Lipinski definition) is 3. The maximum absolute atomic E-state index is 12.7. The lowest BCUT2D eigenvalue weighted by molar-refractivity contribution is 0.0696. The molecule has 1 N–H and O–H groups in total. The van der Waals surface area contributed by atoms with Gasteiger partial charge in [0.2, 0.25) is 0 Å². The molecule has 1 aliphatic rings. The van der Waals surface area contributed by atoms with E-state index in [2.05, 4.69) is 0 Å². The zero-order valence-electron chi connectivity index (χ0n) is 12.1. The maximum Gasteiger partial charge on any atom is 0.335 e. The highest BCUT2D eigenvalue weighted by molar-refractivity contribution is 6.07. The molecule has 2 aromatic carbocycles. The van der Waals surface area contributed by atoms with Gasteiger partial charge in [0.1, 0.15) is 5.75 Å². The highest BCUT2D eigenvalue weighted by Gasteiger charge is 2.26. The smallest absolute Gasteiger partial charge is 0.335 e. The summed E-state index contributed by atoms with van der Waals surface area (Å²) < 4.78 is 5.14. The van der Waals surface area contributed by atoms with E-state index >= 15 is 0 Å². The number of carboxylic acid groups (broad SMARTS) is 1. The number of methoxy groups -OCH3 is 1. The summed E-state index contributed by atoms with van der Waals surface area (Å²) in [5, 5.41) is 9.03. The number of anilines is 1. The summed E-state index contributed by atoms with van der Waals surface area (Å²) in [4.78, 5) is 25.3. The molecule has 3 rings (SSSR count). The van der Waals surface area contributed by atoms with Crippen LogP contribution in [0.5, 0.6) is 5.75 Å². The predicted octanol–water partition coefficient (Wildman–Crippen LogP) is 2.60. The Kier molecular flexibility index (Phi) is 3.55. The lowest BCUT2D eigenvalue weighted by atomic mass is 10.1. The van der Waals surface area contributed by atoms with Gasteiger partial charge < -0.3 is 14.7 Å². The van der Waals surface area contributed by atoms with Crippen LogP contribution in [0.4, 0.5) is 5.69 Å². The van der Waals surface area contributed by atoms with Gasteiger partial charge in [-0.2, -0.15) is 0 Å². The number of carboxylic acids is 1. The Balaban J connectivity index is 1.92. The van der Waals surface area contributed by atoms with Crippen molar-refractivity contribution in [3.05, 3.63) is 59.2 Å². The first kappa shape index (κ1) is 14.1. The van der Waals surface area contributed by atoms with Gasteiger partial charge in [-0.25, -0.2) is 4.79 Å². The molecule has 2 aromatic rings. The molecule has 0 atom stereocenters. The second-order valence-corrected chi connectivity index (χ2v) is 5.09. The average Bonchev–Trinajstić information content (AvgIpc) is 2.97. The van der Waals surface area contributed by atoms with Crippen molar-refractivity contribution in [3.8, 4) is 5.75 Å². The van der Waals surface area contributed by atoms with Gasteiger partial charge in [0.05, 0.1) is 12.7 Å². The highest BCUT2D eigenvalue weighted by atomic mass is 16.5. The molecular formula is C17H15NO4. The molecule has 0 saturated carbocycles. The second-order valence-electron chi connectivity index (χ2n) is 5.09. The van der Waals surface area contributed by atoms with Crippen molar-refractivity contribution in [2.24, 2.45) is 0 Å². The summed E-state index contributed by atoms with van der Waals surface area (Å²) in [5.74, 6) is -0.437. The van der Waals surface area contributed by atoms with Crippen molar-refractivity contribution in [2.45, 2.75) is 6.42 Å². The van der Waals surface area contributed by atoms with Crippen LogP contribution in [0.15, 0.2) is 42.5 Å². The number of carbonyl (C=O) groups is 2. The normalized spacial score (nSPS) is 12.9. The van der Waals surface area contributed by atoms with E-state index in [4.69, 9.17) is 9.84 Å². The number of nitrogens with zero attached hydrogens (tertiary/aromatic N) is 1. The molecule has 22 heavy (non-hydrogen) atoms. The largest absolute Gasteiger partial charge is 0.497 e. The Morgan fingerprint density at radius 1 is 1.14 bits per heavy atom. The lowest BCUT2D eigenvalue weighted by Gasteiger charge is -2.17. The molecule has 1 amide bonds. The molecular weight excluding hydrogens is 282 g/mol. The van der Waals surface area contributed by atoms with E-state index in [9.17, 15) is 9.59 Å². The summed E-state index contributed by atoms with van der Waals surface area (Å²) in [6.07, 6.45) is 0.659. The quantitative estimate of drug-likeness (QED) is 0.945. The first-order chi connectivity index (χ1) is 10.6. The van der Waals surface area contributed by atoms with Gasteiger partial charge in [-0.05, 0) is 48.4 Å². The van der Waals surface area contributed by atoms with E-state index in [1.54, 1.807) is 48.4 Å². The van der Waals surface area contributed by atoms with Crippen LogP contribution in [0.2, 0.25) is 0 Å². The molecule has 0 fully saturated rings. The van der Waals surface area contributed by atoms with Gasteiger partial charge in [0, 0.05) is 17.8 Å². The second kappa shape index (κ2) is 5.52. The minimum Gasteiger partial charge on any atom is -0.497 e. The SMILES string of the molecule is COc1cccc(C(=O)N2CCc3cc(C(=O)O)ccc32)c1. The molecule has 0 unspecified atom stereocenters. The Morgan fingerprint density at radius 3 is 2.68 bits per heavy atom. The molecule has 1 aliphatic heterocycles. The van der Waals surface area contributed by atoms with Gasteiger partial charge in [-0.15, -0.1) is 0 Å². The van der Waals surface area contributed by atoms with E-state index in [1.165, 1.54) is 6.07 Å². The van der Waals surface area contributed by atoms with E-state index in [0.717, 1.165) is 11.3 Å². The number of hydrogen-bond donors (Lipinski definition) is 1. The summed E-state index contributed by atoms with van der Waals surface area (Å²) in [5.41, 5.74) is 2.46. The van der Waals surface area contributed by atoms with Gasteiger partial charge in [-0.1, -0.05) is 6.07 Å². The van der Waals surface area contributed by atoms with Gasteiger partial charge in [0.15, 0.2) is 0 Å². The summed E-state index contributed by atoms with van der Waals surface area (Å²) in [6.45, 7) is 0.550. The monoisotopic (exact) mass is 297 g/mol. The zero-order chi connectivity index (χ0) is 15.7. The predicted molar refractivity (Wildman–Crippen MR) is 81.8 cm³/mol. The number of benzene rings is 2. The van der Waals surface area contributed by atoms with Crippen molar-refractivity contribution in [3.63, 3.8) is 0 Å². The fourth-order valence-corrected chi connectivity index (χ4v) is 2.66. The molecule has 1 heterocycles. The van der Waals surface area contributed by atoms with Crippen LogP contribution in [-0.4, -0.2) is 30.6 Å². The Bertz CT molecular complexity index is 754. The van der Waals surface area contributed by atoms with Crippen LogP contribution < -0.4 is 9.64 Å². The Morgan fingerprint density at radius 2 is 1.95 bits per heavy atom. The van der Waals surface area contributed by atoms with Crippen LogP contribution in [0, 0.1) is 0 Å². The molecule has 5 heteroatoms. The molecule has 0 aromatic heterocycles. The third kappa shape index (κ3) is 2.41. The number of rotatable bonds is 3. The van der Waals surface area contributed by atoms with Crippen LogP contribution >= 0.6 is 0 Å². The zero-order valence-corrected chi connectivity index (χ0v) is 12.1. The first-order valence-electron chi connectivity index (χ1n) is 6.92. The van der Waals surface area contributed by atoms with Crippen molar-refractivity contribution < 1.29 is 19.4 Å². The molecule has 0 saturated heterocycles. The Hall–Kier alpha value is -2.82. The third-order valence-corrected chi connectivity index (χ3v) is 3.78. The fourth-order valence-electron chi connectivity index (χ4n) is 2.66. The fraction of sp³-hybridized carbons (Fsp3) is 0.176. The van der Waals surface area contributed by atoms with Gasteiger partial charge >= 0.3 is 5.97 Å². The number of ether oxygens (including phenoxy) is 1. The number of carbonyl (C=O) groups excluding carboxylic acids is 1. The molecule has 0 spiro atoms. The molecule has 0 bridgehead atoms. The molecule has 0 radical (unpaired) electrons. The first-order valence-corrected chi connectivity index (χ1v) is 6.92. The van der Waals surface area contributed by atoms with Crippen molar-refractivity contribution in [1.82, 2.24) is 0 Å². The van der Waals surface area contributed by atoms with Gasteiger partial charge in [-0.3, -0.25) is 4.79 Å². The maximum atomic E-state index is 12.7. The summed E-state index contributed by atoms with van der Waals surface area (Å²) >= 11 is 0. The number of aromatic carboxylic acids is 1. The topological polar surface area (TPSA) is 66.8 Å². The minimum absolute atomic E-state index is 0.110. The minimum atomic E-state index is -0.958. The van der Waals surface area contributed by atoms with Crippen LogP contribution in [0.1, 0.15) is 26.3 Å². The third-order valence-electron chi connectivity index (χ3n) is 3.78. The van der Waals surface area contributed by atoms with E-state index in [0.29, 0.717) is 24.3 Å². The van der Waals surface area contributed by atoms with Crippen molar-refractivity contribution >= 4 is 17.6 Å². The average molecular weight is 297 g/mol. The van der Waals surface area contributed by atoms with Crippen LogP contribution in [-0.2, 0) is 6.42 Å².